The fourth-order valence-corrected chi connectivity index (χ4v) is 7.20. The Kier molecular flexibility index (Phi) is 7.50. The molecule has 2 atom stereocenters. The summed E-state index contributed by atoms with van der Waals surface area (Å²) in [5.41, 5.74) is 9.19. The largest absolute Gasteiger partial charge is 0.506 e. The molecule has 5 nitrogen and oxygen atoms in total. The Morgan fingerprint density at radius 2 is 1.55 bits per heavy atom. The maximum Gasteiger partial charge on any atom is 0.219 e. The summed E-state index contributed by atoms with van der Waals surface area (Å²) in [6, 6.07) is 19.3. The van der Waals surface area contributed by atoms with Crippen LogP contribution in [0.25, 0.3) is 10.9 Å². The molecule has 1 aliphatic heterocycles. The number of amidine groups is 1. The lowest BCUT2D eigenvalue weighted by molar-refractivity contribution is 0.311. The van der Waals surface area contributed by atoms with Crippen LogP contribution in [0.4, 0.5) is 5.69 Å². The lowest BCUT2D eigenvalue weighted by atomic mass is 9.85. The number of benzene rings is 3. The van der Waals surface area contributed by atoms with Crippen molar-refractivity contribution in [3.63, 3.8) is 0 Å². The van der Waals surface area contributed by atoms with Gasteiger partial charge in [0.2, 0.25) is 5.88 Å². The van der Waals surface area contributed by atoms with Gasteiger partial charge in [-0.05, 0) is 123 Å². The highest BCUT2D eigenvalue weighted by Gasteiger charge is 2.42. The first-order valence-electron chi connectivity index (χ1n) is 16.1. The molecule has 0 bridgehead atoms. The van der Waals surface area contributed by atoms with E-state index in [2.05, 4.69) is 97.5 Å². The second-order valence-electron chi connectivity index (χ2n) is 15.0. The van der Waals surface area contributed by atoms with Gasteiger partial charge in [0.1, 0.15) is 22.9 Å². The van der Waals surface area contributed by atoms with Crippen molar-refractivity contribution in [3.05, 3.63) is 88.0 Å². The highest BCUT2D eigenvalue weighted by molar-refractivity contribution is 6.13. The molecule has 0 unspecified atom stereocenters. The topological polar surface area (TPSA) is 58.0 Å². The molecule has 0 radical (unpaired) electrons. The van der Waals surface area contributed by atoms with Crippen molar-refractivity contribution in [2.45, 2.75) is 105 Å². The number of aromatic hydroxyl groups is 1. The fourth-order valence-electron chi connectivity index (χ4n) is 7.20. The van der Waals surface area contributed by atoms with Gasteiger partial charge in [-0.3, -0.25) is 4.99 Å². The Balaban J connectivity index is 1.39. The van der Waals surface area contributed by atoms with Crippen LogP contribution in [0.1, 0.15) is 93.7 Å². The molecule has 2 heterocycles. The van der Waals surface area contributed by atoms with Crippen LogP contribution < -0.4 is 9.64 Å². The van der Waals surface area contributed by atoms with E-state index in [9.17, 15) is 5.11 Å². The normalized spacial score (nSPS) is 19.9. The Labute approximate surface area is 263 Å². The molecule has 6 rings (SSSR count). The molecule has 2 aliphatic rings. The summed E-state index contributed by atoms with van der Waals surface area (Å²) in [6.45, 7) is 20.0. The molecule has 0 amide bonds. The van der Waals surface area contributed by atoms with Crippen LogP contribution >= 0.6 is 0 Å². The van der Waals surface area contributed by atoms with Crippen LogP contribution in [0.5, 0.6) is 17.4 Å². The molecule has 1 aromatic heterocycles. The van der Waals surface area contributed by atoms with Crippen molar-refractivity contribution < 1.29 is 9.84 Å². The van der Waals surface area contributed by atoms with Gasteiger partial charge in [-0.15, -0.1) is 0 Å². The fraction of sp³-hybridized carbons (Fsp3) is 0.436. The van der Waals surface area contributed by atoms with E-state index >= 15 is 0 Å². The zero-order chi connectivity index (χ0) is 31.6. The number of pyridine rings is 1. The minimum atomic E-state index is -0.0713. The lowest BCUT2D eigenvalue weighted by Crippen LogP contribution is -2.40. The van der Waals surface area contributed by atoms with Crippen molar-refractivity contribution >= 4 is 22.4 Å². The molecule has 1 fully saturated rings. The predicted molar refractivity (Wildman–Crippen MR) is 183 cm³/mol. The van der Waals surface area contributed by atoms with E-state index in [0.717, 1.165) is 40.8 Å². The number of hydrogen-bond donors (Lipinski definition) is 1. The number of aromatic nitrogens is 1. The van der Waals surface area contributed by atoms with Gasteiger partial charge in [0, 0.05) is 22.7 Å². The number of aliphatic imine (C=N–C) groups is 1. The van der Waals surface area contributed by atoms with Gasteiger partial charge in [-0.1, -0.05) is 52.3 Å². The SMILES string of the molecule is Cc1cc(Oc2ccc3cc(C(C)(C)C)cc(O)c3n2)cc(C2=N[C@H]3CCC(C)(C)CC[C@H]3N2c2c(C)cc(C)cc2C)c1. The Morgan fingerprint density at radius 3 is 2.25 bits per heavy atom. The lowest BCUT2D eigenvalue weighted by Gasteiger charge is -2.33. The summed E-state index contributed by atoms with van der Waals surface area (Å²) in [4.78, 5) is 12.7. The average molecular weight is 590 g/mol. The summed E-state index contributed by atoms with van der Waals surface area (Å²) >= 11 is 0. The summed E-state index contributed by atoms with van der Waals surface area (Å²) in [6.07, 6.45) is 4.59. The van der Waals surface area contributed by atoms with E-state index in [1.807, 2.05) is 24.3 Å². The highest BCUT2D eigenvalue weighted by Crippen LogP contribution is 2.43. The zero-order valence-corrected chi connectivity index (χ0v) is 27.9. The van der Waals surface area contributed by atoms with Gasteiger partial charge in [0.15, 0.2) is 0 Å². The summed E-state index contributed by atoms with van der Waals surface area (Å²) in [5, 5.41) is 11.7. The van der Waals surface area contributed by atoms with Crippen LogP contribution in [0.3, 0.4) is 0 Å². The molecular formula is C39H47N3O2. The Morgan fingerprint density at radius 1 is 0.864 bits per heavy atom. The van der Waals surface area contributed by atoms with Gasteiger partial charge in [-0.2, -0.15) is 0 Å². The van der Waals surface area contributed by atoms with Gasteiger partial charge >= 0.3 is 0 Å². The number of phenols is 1. The average Bonchev–Trinajstić information content (AvgIpc) is 3.20. The number of ether oxygens (including phenoxy) is 1. The van der Waals surface area contributed by atoms with E-state index in [-0.39, 0.29) is 17.2 Å². The third-order valence-electron chi connectivity index (χ3n) is 9.55. The molecule has 4 aromatic rings. The van der Waals surface area contributed by atoms with Crippen molar-refractivity contribution in [1.82, 2.24) is 4.98 Å². The first-order valence-corrected chi connectivity index (χ1v) is 16.1. The quantitative estimate of drug-likeness (QED) is 0.257. The van der Waals surface area contributed by atoms with Crippen molar-refractivity contribution in [2.75, 3.05) is 4.90 Å². The van der Waals surface area contributed by atoms with E-state index in [0.29, 0.717) is 28.6 Å². The summed E-state index contributed by atoms with van der Waals surface area (Å²) in [7, 11) is 0. The number of rotatable bonds is 4. The van der Waals surface area contributed by atoms with E-state index < -0.39 is 0 Å². The molecule has 1 saturated carbocycles. The van der Waals surface area contributed by atoms with E-state index in [4.69, 9.17) is 14.7 Å². The molecular weight excluding hydrogens is 542 g/mol. The first kappa shape index (κ1) is 30.2. The third-order valence-corrected chi connectivity index (χ3v) is 9.55. The predicted octanol–water partition coefficient (Wildman–Crippen LogP) is 9.87. The molecule has 230 valence electrons. The minimum absolute atomic E-state index is 0.0713. The number of hydrogen-bond acceptors (Lipinski definition) is 5. The minimum Gasteiger partial charge on any atom is -0.506 e. The summed E-state index contributed by atoms with van der Waals surface area (Å²) < 4.78 is 6.39. The monoisotopic (exact) mass is 589 g/mol. The van der Waals surface area contributed by atoms with Crippen LogP contribution in [0.15, 0.2) is 59.6 Å². The maximum absolute atomic E-state index is 10.9. The van der Waals surface area contributed by atoms with Gasteiger partial charge in [-0.25, -0.2) is 4.98 Å². The van der Waals surface area contributed by atoms with Crippen LogP contribution in [0.2, 0.25) is 0 Å². The van der Waals surface area contributed by atoms with Crippen LogP contribution in [0, 0.1) is 33.1 Å². The molecule has 5 heteroatoms. The van der Waals surface area contributed by atoms with Crippen molar-refractivity contribution in [1.29, 1.82) is 0 Å². The first-order chi connectivity index (χ1) is 20.7. The number of nitrogens with zero attached hydrogens (tertiary/aromatic N) is 3. The van der Waals surface area contributed by atoms with Crippen molar-refractivity contribution in [3.8, 4) is 17.4 Å². The maximum atomic E-state index is 10.9. The second kappa shape index (κ2) is 10.9. The van der Waals surface area contributed by atoms with E-state index in [1.165, 1.54) is 35.2 Å². The van der Waals surface area contributed by atoms with Gasteiger partial charge in [0.25, 0.3) is 0 Å². The second-order valence-corrected chi connectivity index (χ2v) is 15.0. The standard InChI is InChI=1S/C39H47N3O2/c1-23-16-25(3)36(26(4)17-23)42-32-13-15-39(8,9)14-12-31(32)40-37(42)28-18-24(2)19-30(21-28)44-34-11-10-27-20-29(38(5,6)7)22-33(43)35(27)41-34/h10-11,16-22,31-32,43H,12-15H2,1-9H3/t31-,32+/m0/s1. The van der Waals surface area contributed by atoms with Gasteiger partial charge < -0.3 is 14.7 Å². The van der Waals surface area contributed by atoms with Gasteiger partial charge in [0.05, 0.1) is 12.1 Å². The number of phenolic OH excluding ortho intramolecular Hbond substituents is 1. The Bertz CT molecular complexity index is 1760. The van der Waals surface area contributed by atoms with Crippen molar-refractivity contribution in [2.24, 2.45) is 10.4 Å². The summed E-state index contributed by atoms with van der Waals surface area (Å²) in [5.74, 6) is 2.37. The third kappa shape index (κ3) is 5.81. The number of aryl methyl sites for hydroxylation is 4. The van der Waals surface area contributed by atoms with Crippen LogP contribution in [-0.2, 0) is 5.41 Å². The number of anilines is 1. The smallest absolute Gasteiger partial charge is 0.219 e. The van der Waals surface area contributed by atoms with Crippen LogP contribution in [-0.4, -0.2) is 28.0 Å². The molecule has 0 spiro atoms. The number of fused-ring (bicyclic) bond motifs is 2. The van der Waals surface area contributed by atoms with E-state index in [1.54, 1.807) is 0 Å². The molecule has 1 N–H and O–H groups in total. The molecule has 44 heavy (non-hydrogen) atoms. The zero-order valence-electron chi connectivity index (χ0n) is 27.9. The highest BCUT2D eigenvalue weighted by atomic mass is 16.5. The molecule has 0 saturated heterocycles. The molecule has 1 aliphatic carbocycles. The molecule has 3 aromatic carbocycles. The Hall–Kier alpha value is -3.86.